The summed E-state index contributed by atoms with van der Waals surface area (Å²) in [4.78, 5) is 30.3. The Morgan fingerprint density at radius 2 is 1.60 bits per heavy atom. The molecule has 12 nitrogen and oxygen atoms in total. The Balaban J connectivity index is 1.45. The SMILES string of the molecule is COc1cc([C@@H](C(=O)Nc2ccc3c(c2)OCO3)N(Cc2ccccc2)C(=O)Cn2nnc3ccccc32)cc(OC)c1OC. The highest BCUT2D eigenvalue weighted by Crippen LogP contribution is 2.42. The van der Waals surface area contributed by atoms with Crippen LogP contribution in [0.4, 0.5) is 5.69 Å². The predicted molar refractivity (Wildman–Crippen MR) is 165 cm³/mol. The molecule has 0 spiro atoms. The van der Waals surface area contributed by atoms with Crippen molar-refractivity contribution in [3.8, 4) is 28.7 Å². The van der Waals surface area contributed by atoms with Crippen molar-refractivity contribution < 1.29 is 33.3 Å². The number of fused-ring (bicyclic) bond motifs is 2. The molecule has 5 aromatic rings. The van der Waals surface area contributed by atoms with Crippen LogP contribution in [0.15, 0.2) is 84.9 Å². The second-order valence-corrected chi connectivity index (χ2v) is 10.2. The number of nitrogens with zero attached hydrogens (tertiary/aromatic N) is 4. The van der Waals surface area contributed by atoms with E-state index in [2.05, 4.69) is 15.6 Å². The summed E-state index contributed by atoms with van der Waals surface area (Å²) in [6.45, 7) is 0.0465. The fraction of sp³-hybridized carbons (Fsp3) is 0.212. The molecule has 0 bridgehead atoms. The molecule has 45 heavy (non-hydrogen) atoms. The van der Waals surface area contributed by atoms with Crippen LogP contribution in [0.1, 0.15) is 17.2 Å². The average molecular weight is 610 g/mol. The molecule has 1 aliphatic heterocycles. The highest BCUT2D eigenvalue weighted by molar-refractivity contribution is 5.98. The molecule has 4 aromatic carbocycles. The number of rotatable bonds is 11. The molecule has 1 aromatic heterocycles. The van der Waals surface area contributed by atoms with Crippen molar-refractivity contribution in [3.63, 3.8) is 0 Å². The third-order valence-electron chi connectivity index (χ3n) is 7.42. The van der Waals surface area contributed by atoms with E-state index in [-0.39, 0.29) is 25.8 Å². The van der Waals surface area contributed by atoms with Crippen molar-refractivity contribution in [2.75, 3.05) is 33.4 Å². The lowest BCUT2D eigenvalue weighted by atomic mass is 10.0. The molecule has 1 N–H and O–H groups in total. The van der Waals surface area contributed by atoms with Crippen molar-refractivity contribution in [1.29, 1.82) is 0 Å². The summed E-state index contributed by atoms with van der Waals surface area (Å²) in [5.41, 5.74) is 3.08. The summed E-state index contributed by atoms with van der Waals surface area (Å²) < 4.78 is 29.2. The van der Waals surface area contributed by atoms with E-state index in [1.54, 1.807) is 30.3 Å². The second kappa shape index (κ2) is 12.8. The first-order valence-electron chi connectivity index (χ1n) is 14.1. The van der Waals surface area contributed by atoms with Gasteiger partial charge in [-0.25, -0.2) is 4.68 Å². The summed E-state index contributed by atoms with van der Waals surface area (Å²) >= 11 is 0. The molecule has 1 atom stereocenters. The third kappa shape index (κ3) is 6.03. The number of benzene rings is 4. The summed E-state index contributed by atoms with van der Waals surface area (Å²) in [6.07, 6.45) is 0. The van der Waals surface area contributed by atoms with Crippen LogP contribution in [-0.2, 0) is 22.7 Å². The van der Waals surface area contributed by atoms with E-state index in [4.69, 9.17) is 23.7 Å². The summed E-state index contributed by atoms with van der Waals surface area (Å²) in [5.74, 6) is 1.27. The Morgan fingerprint density at radius 1 is 0.889 bits per heavy atom. The molecule has 2 amide bonds. The number of methoxy groups -OCH3 is 3. The zero-order chi connectivity index (χ0) is 31.3. The van der Waals surface area contributed by atoms with Gasteiger partial charge in [0.15, 0.2) is 23.0 Å². The van der Waals surface area contributed by atoms with Gasteiger partial charge in [-0.1, -0.05) is 47.7 Å². The van der Waals surface area contributed by atoms with E-state index in [9.17, 15) is 9.59 Å². The number of para-hydroxylation sites is 1. The van der Waals surface area contributed by atoms with E-state index >= 15 is 0 Å². The molecule has 0 unspecified atom stereocenters. The lowest BCUT2D eigenvalue weighted by molar-refractivity contribution is -0.140. The third-order valence-corrected chi connectivity index (χ3v) is 7.42. The zero-order valence-corrected chi connectivity index (χ0v) is 24.9. The average Bonchev–Trinajstić information content (AvgIpc) is 3.71. The second-order valence-electron chi connectivity index (χ2n) is 10.2. The van der Waals surface area contributed by atoms with Gasteiger partial charge in [0.2, 0.25) is 18.4 Å². The smallest absolute Gasteiger partial charge is 0.251 e. The van der Waals surface area contributed by atoms with Gasteiger partial charge in [0.1, 0.15) is 18.1 Å². The Morgan fingerprint density at radius 3 is 2.33 bits per heavy atom. The van der Waals surface area contributed by atoms with Gasteiger partial charge in [0, 0.05) is 18.3 Å². The quantitative estimate of drug-likeness (QED) is 0.229. The van der Waals surface area contributed by atoms with Gasteiger partial charge in [0.25, 0.3) is 5.91 Å². The zero-order valence-electron chi connectivity index (χ0n) is 24.9. The summed E-state index contributed by atoms with van der Waals surface area (Å²) in [5, 5.41) is 11.4. The molecule has 1 aliphatic rings. The van der Waals surface area contributed by atoms with Crippen LogP contribution >= 0.6 is 0 Å². The highest BCUT2D eigenvalue weighted by Gasteiger charge is 2.34. The Bertz CT molecular complexity index is 1820. The number of aromatic nitrogens is 3. The maximum Gasteiger partial charge on any atom is 0.251 e. The Kier molecular flexibility index (Phi) is 8.36. The fourth-order valence-electron chi connectivity index (χ4n) is 5.27. The van der Waals surface area contributed by atoms with Gasteiger partial charge in [-0.05, 0) is 47.5 Å². The van der Waals surface area contributed by atoms with Crippen LogP contribution in [0.25, 0.3) is 11.0 Å². The minimum atomic E-state index is -1.15. The highest BCUT2D eigenvalue weighted by atomic mass is 16.7. The fourth-order valence-corrected chi connectivity index (χ4v) is 5.27. The first-order chi connectivity index (χ1) is 22.0. The largest absolute Gasteiger partial charge is 0.493 e. The van der Waals surface area contributed by atoms with Crippen LogP contribution in [0, 0.1) is 0 Å². The van der Waals surface area contributed by atoms with Gasteiger partial charge in [0.05, 0.1) is 26.8 Å². The minimum Gasteiger partial charge on any atom is -0.493 e. The van der Waals surface area contributed by atoms with Crippen LogP contribution in [-0.4, -0.2) is 59.8 Å². The number of carbonyl (C=O) groups excluding carboxylic acids is 2. The molecule has 2 heterocycles. The van der Waals surface area contributed by atoms with Crippen molar-refractivity contribution in [1.82, 2.24) is 19.9 Å². The van der Waals surface area contributed by atoms with Crippen LogP contribution in [0.2, 0.25) is 0 Å². The van der Waals surface area contributed by atoms with Gasteiger partial charge in [-0.15, -0.1) is 5.10 Å². The molecular weight excluding hydrogens is 578 g/mol. The number of amides is 2. The van der Waals surface area contributed by atoms with Gasteiger partial charge < -0.3 is 33.9 Å². The lowest BCUT2D eigenvalue weighted by Gasteiger charge is -2.32. The maximum absolute atomic E-state index is 14.4. The monoisotopic (exact) mass is 609 g/mol. The molecule has 0 fully saturated rings. The minimum absolute atomic E-state index is 0.0944. The Hall–Kier alpha value is -5.78. The normalized spacial score (nSPS) is 12.4. The topological polar surface area (TPSA) is 126 Å². The molecule has 230 valence electrons. The van der Waals surface area contributed by atoms with Crippen LogP contribution in [0.3, 0.4) is 0 Å². The van der Waals surface area contributed by atoms with Crippen molar-refractivity contribution >= 4 is 28.5 Å². The van der Waals surface area contributed by atoms with E-state index in [0.717, 1.165) is 5.56 Å². The summed E-state index contributed by atoms with van der Waals surface area (Å²) in [7, 11) is 4.48. The molecule has 6 rings (SSSR count). The van der Waals surface area contributed by atoms with Gasteiger partial charge in [-0.2, -0.15) is 0 Å². The molecule has 0 aliphatic carbocycles. The van der Waals surface area contributed by atoms with E-state index in [0.29, 0.717) is 51.0 Å². The molecule has 12 heteroatoms. The van der Waals surface area contributed by atoms with E-state index in [1.807, 2.05) is 54.6 Å². The van der Waals surface area contributed by atoms with Gasteiger partial charge in [-0.3, -0.25) is 9.59 Å². The van der Waals surface area contributed by atoms with E-state index in [1.165, 1.54) is 30.9 Å². The summed E-state index contributed by atoms with van der Waals surface area (Å²) in [6, 6.07) is 24.1. The number of nitrogens with one attached hydrogen (secondary N) is 1. The van der Waals surface area contributed by atoms with Gasteiger partial charge >= 0.3 is 0 Å². The first-order valence-corrected chi connectivity index (χ1v) is 14.1. The molecule has 0 radical (unpaired) electrons. The number of carbonyl (C=O) groups is 2. The molecular formula is C33H31N5O7. The number of anilines is 1. The maximum atomic E-state index is 14.4. The number of hydrogen-bond acceptors (Lipinski definition) is 9. The van der Waals surface area contributed by atoms with Crippen molar-refractivity contribution in [2.24, 2.45) is 0 Å². The number of ether oxygens (including phenoxy) is 5. The Labute approximate surface area is 259 Å². The first kappa shape index (κ1) is 29.3. The van der Waals surface area contributed by atoms with E-state index < -0.39 is 11.9 Å². The molecule has 0 saturated carbocycles. The van der Waals surface area contributed by atoms with Crippen molar-refractivity contribution in [2.45, 2.75) is 19.1 Å². The molecule has 0 saturated heterocycles. The predicted octanol–water partition coefficient (Wildman–Crippen LogP) is 4.59. The van der Waals surface area contributed by atoms with Crippen molar-refractivity contribution in [3.05, 3.63) is 96.1 Å². The standard InChI is InChI=1S/C33H31N5O7/c1-41-28-15-22(16-29(42-2)32(28)43-3)31(33(40)34-23-13-14-26-27(17-23)45-20-44-26)37(18-21-9-5-4-6-10-21)30(39)19-38-25-12-8-7-11-24(25)35-36-38/h4-17,31H,18-20H2,1-3H3,(H,34,40)/t31-/m0/s1. The van der Waals surface area contributed by atoms with Crippen LogP contribution in [0.5, 0.6) is 28.7 Å². The van der Waals surface area contributed by atoms with Crippen LogP contribution < -0.4 is 29.0 Å². The lowest BCUT2D eigenvalue weighted by Crippen LogP contribution is -2.42. The number of hydrogen-bond donors (Lipinski definition) is 1.